The monoisotopic (exact) mass is 237 g/mol. The van der Waals surface area contributed by atoms with E-state index in [0.29, 0.717) is 5.25 Å². The minimum atomic E-state index is 0.712. The Morgan fingerprint density at radius 2 is 2.12 bits per heavy atom. The van der Waals surface area contributed by atoms with E-state index in [1.165, 1.54) is 0 Å². The molecule has 0 N–H and O–H groups in total. The van der Waals surface area contributed by atoms with Crippen molar-refractivity contribution in [2.24, 2.45) is 11.8 Å². The minimum absolute atomic E-state index is 0.712. The molecule has 1 aliphatic rings. The lowest BCUT2D eigenvalue weighted by Gasteiger charge is -2.17. The van der Waals surface area contributed by atoms with Crippen LogP contribution < -0.4 is 0 Å². The van der Waals surface area contributed by atoms with Gasteiger partial charge in [-0.25, -0.2) is 14.3 Å². The second kappa shape index (κ2) is 5.15. The first-order valence-electron chi connectivity index (χ1n) is 5.84. The molecule has 2 rings (SSSR count). The van der Waals surface area contributed by atoms with Crippen molar-refractivity contribution in [3.8, 4) is 0 Å². The average Bonchev–Trinajstić information content (AvgIpc) is 2.61. The maximum Gasteiger partial charge on any atom is 0.143 e. The van der Waals surface area contributed by atoms with Gasteiger partial charge >= 0.3 is 0 Å². The molecule has 1 fully saturated rings. The van der Waals surface area contributed by atoms with E-state index < -0.39 is 0 Å². The normalized spacial score (nSPS) is 26.5. The van der Waals surface area contributed by atoms with Crippen LogP contribution in [-0.2, 0) is 6.54 Å². The summed E-state index contributed by atoms with van der Waals surface area (Å²) in [5.41, 5.74) is 0. The molecule has 1 saturated heterocycles. The van der Waals surface area contributed by atoms with Crippen LogP contribution in [0.2, 0.25) is 0 Å². The van der Waals surface area contributed by atoms with Gasteiger partial charge in [0.15, 0.2) is 0 Å². The Balaban J connectivity index is 1.94. The van der Waals surface area contributed by atoms with Crippen molar-refractivity contribution in [3.63, 3.8) is 0 Å². The molecule has 0 bridgehead atoms. The van der Waals surface area contributed by atoms with Gasteiger partial charge in [-0.3, -0.25) is 0 Å². The molecule has 1 aromatic heterocycles. The molecule has 0 saturated carbocycles. The third-order valence-electron chi connectivity index (χ3n) is 3.13. The summed E-state index contributed by atoms with van der Waals surface area (Å²) in [5, 5.41) is 0.712. The quantitative estimate of drug-likeness (QED) is 0.756. The summed E-state index contributed by atoms with van der Waals surface area (Å²) < 4.78 is 2.39. The Labute approximate surface area is 102 Å². The summed E-state index contributed by atoms with van der Waals surface area (Å²) in [6.07, 6.45) is 3.62. The van der Waals surface area contributed by atoms with E-state index in [1.807, 2.05) is 30.4 Å². The standard InChI is InChI=1S/C12H19N3S/c1-9(2)11-7-15(16-10(11)3)8-12-13-5-4-6-14-12/h4-6,9-11H,7-8H2,1-3H3. The molecule has 1 aromatic rings. The molecule has 3 nitrogen and oxygen atoms in total. The van der Waals surface area contributed by atoms with Crippen LogP contribution in [0.15, 0.2) is 18.5 Å². The zero-order valence-corrected chi connectivity index (χ0v) is 10.9. The van der Waals surface area contributed by atoms with Crippen molar-refractivity contribution in [1.82, 2.24) is 14.3 Å². The summed E-state index contributed by atoms with van der Waals surface area (Å²) in [6, 6.07) is 1.86. The minimum Gasteiger partial charge on any atom is -0.242 e. The van der Waals surface area contributed by atoms with Gasteiger partial charge in [0.25, 0.3) is 0 Å². The number of nitrogens with zero attached hydrogens (tertiary/aromatic N) is 3. The van der Waals surface area contributed by atoms with Crippen LogP contribution >= 0.6 is 11.9 Å². The fourth-order valence-corrected chi connectivity index (χ4v) is 3.64. The van der Waals surface area contributed by atoms with E-state index in [2.05, 4.69) is 35.0 Å². The SMILES string of the molecule is CC(C)C1CN(Cc2ncccn2)SC1C. The van der Waals surface area contributed by atoms with Crippen molar-refractivity contribution in [2.45, 2.75) is 32.6 Å². The first kappa shape index (κ1) is 11.9. The first-order valence-corrected chi connectivity index (χ1v) is 6.68. The highest BCUT2D eigenvalue weighted by Crippen LogP contribution is 2.37. The van der Waals surface area contributed by atoms with E-state index in [-0.39, 0.29) is 0 Å². The molecule has 0 aliphatic carbocycles. The third-order valence-corrected chi connectivity index (χ3v) is 4.38. The largest absolute Gasteiger partial charge is 0.242 e. The van der Waals surface area contributed by atoms with E-state index in [0.717, 1.165) is 30.7 Å². The summed E-state index contributed by atoms with van der Waals surface area (Å²) >= 11 is 1.95. The summed E-state index contributed by atoms with van der Waals surface area (Å²) in [5.74, 6) is 2.46. The van der Waals surface area contributed by atoms with Crippen LogP contribution in [-0.4, -0.2) is 26.1 Å². The zero-order chi connectivity index (χ0) is 11.5. The Morgan fingerprint density at radius 3 is 2.69 bits per heavy atom. The van der Waals surface area contributed by atoms with Gasteiger partial charge in [-0.2, -0.15) is 0 Å². The fraction of sp³-hybridized carbons (Fsp3) is 0.667. The number of hydrogen-bond acceptors (Lipinski definition) is 4. The van der Waals surface area contributed by atoms with E-state index in [1.54, 1.807) is 0 Å². The molecule has 1 aliphatic heterocycles. The maximum absolute atomic E-state index is 4.27. The van der Waals surface area contributed by atoms with Crippen molar-refractivity contribution >= 4 is 11.9 Å². The second-order valence-corrected chi connectivity index (χ2v) is 6.18. The zero-order valence-electron chi connectivity index (χ0n) is 10.1. The van der Waals surface area contributed by atoms with Gasteiger partial charge in [0.2, 0.25) is 0 Å². The highest BCUT2D eigenvalue weighted by atomic mass is 32.2. The predicted octanol–water partition coefficient (Wildman–Crippen LogP) is 2.60. The number of aromatic nitrogens is 2. The predicted molar refractivity (Wildman–Crippen MR) is 67.8 cm³/mol. The molecule has 0 radical (unpaired) electrons. The molecular weight excluding hydrogens is 218 g/mol. The van der Waals surface area contributed by atoms with Crippen molar-refractivity contribution in [3.05, 3.63) is 24.3 Å². The van der Waals surface area contributed by atoms with E-state index >= 15 is 0 Å². The van der Waals surface area contributed by atoms with Crippen molar-refractivity contribution in [2.75, 3.05) is 6.54 Å². The summed E-state index contributed by atoms with van der Waals surface area (Å²) in [6.45, 7) is 8.95. The van der Waals surface area contributed by atoms with Crippen LogP contribution in [0, 0.1) is 11.8 Å². The van der Waals surface area contributed by atoms with Gasteiger partial charge in [-0.15, -0.1) is 0 Å². The molecule has 16 heavy (non-hydrogen) atoms. The van der Waals surface area contributed by atoms with Gasteiger partial charge in [-0.05, 0) is 17.9 Å². The summed E-state index contributed by atoms with van der Waals surface area (Å²) in [4.78, 5) is 8.54. The van der Waals surface area contributed by atoms with Crippen molar-refractivity contribution < 1.29 is 0 Å². The van der Waals surface area contributed by atoms with Crippen LogP contribution in [0.3, 0.4) is 0 Å². The number of rotatable bonds is 3. The van der Waals surface area contributed by atoms with E-state index in [9.17, 15) is 0 Å². The van der Waals surface area contributed by atoms with Gasteiger partial charge in [-0.1, -0.05) is 32.7 Å². The van der Waals surface area contributed by atoms with E-state index in [4.69, 9.17) is 0 Å². The lowest BCUT2D eigenvalue weighted by molar-refractivity contribution is 0.327. The van der Waals surface area contributed by atoms with Crippen molar-refractivity contribution in [1.29, 1.82) is 0 Å². The Morgan fingerprint density at radius 1 is 1.44 bits per heavy atom. The molecule has 88 valence electrons. The van der Waals surface area contributed by atoms with Crippen LogP contribution in [0.1, 0.15) is 26.6 Å². The average molecular weight is 237 g/mol. The fourth-order valence-electron chi connectivity index (χ4n) is 2.16. The molecule has 0 spiro atoms. The lowest BCUT2D eigenvalue weighted by atomic mass is 9.93. The highest BCUT2D eigenvalue weighted by Gasteiger charge is 2.32. The molecule has 0 amide bonds. The van der Waals surface area contributed by atoms with Crippen LogP contribution in [0.4, 0.5) is 0 Å². The topological polar surface area (TPSA) is 29.0 Å². The number of hydrogen-bond donors (Lipinski definition) is 0. The van der Waals surface area contributed by atoms with Gasteiger partial charge < -0.3 is 0 Å². The van der Waals surface area contributed by atoms with Gasteiger partial charge in [0.05, 0.1) is 6.54 Å². The maximum atomic E-state index is 4.27. The second-order valence-electron chi connectivity index (χ2n) is 4.71. The van der Waals surface area contributed by atoms with Crippen LogP contribution in [0.25, 0.3) is 0 Å². The smallest absolute Gasteiger partial charge is 0.143 e. The first-order chi connectivity index (χ1) is 7.66. The van der Waals surface area contributed by atoms with Gasteiger partial charge in [0, 0.05) is 24.2 Å². The molecule has 0 aromatic carbocycles. The molecule has 2 atom stereocenters. The summed E-state index contributed by atoms with van der Waals surface area (Å²) in [7, 11) is 0. The Kier molecular flexibility index (Phi) is 3.82. The lowest BCUT2D eigenvalue weighted by Crippen LogP contribution is -2.21. The molecule has 2 unspecified atom stereocenters. The third kappa shape index (κ3) is 2.74. The Hall–Kier alpha value is -0.610. The molecule has 2 heterocycles. The van der Waals surface area contributed by atoms with Crippen LogP contribution in [0.5, 0.6) is 0 Å². The highest BCUT2D eigenvalue weighted by molar-refractivity contribution is 7.97. The molecular formula is C12H19N3S. The Bertz CT molecular complexity index is 328. The molecule has 4 heteroatoms. The van der Waals surface area contributed by atoms with Gasteiger partial charge in [0.1, 0.15) is 5.82 Å².